The van der Waals surface area contributed by atoms with Crippen molar-refractivity contribution in [2.45, 2.75) is 33.2 Å². The Kier molecular flexibility index (Phi) is 12.1. The SMILES string of the molecule is CCNC(=NCc1ccc(COC)cc1)NCc1cc(OC)ccc1OC(F)F.I. The number of hydrogen-bond acceptors (Lipinski definition) is 4. The van der Waals surface area contributed by atoms with Gasteiger partial charge in [0.15, 0.2) is 5.96 Å². The Balaban J connectivity index is 0.00000450. The van der Waals surface area contributed by atoms with Gasteiger partial charge in [0.1, 0.15) is 11.5 Å². The summed E-state index contributed by atoms with van der Waals surface area (Å²) in [7, 11) is 3.18. The summed E-state index contributed by atoms with van der Waals surface area (Å²) in [6.45, 7) is 1.01. The number of halogens is 3. The highest BCUT2D eigenvalue weighted by Crippen LogP contribution is 2.25. The summed E-state index contributed by atoms with van der Waals surface area (Å²) in [5.41, 5.74) is 2.68. The molecule has 0 amide bonds. The number of ether oxygens (including phenoxy) is 3. The second-order valence-corrected chi connectivity index (χ2v) is 6.15. The van der Waals surface area contributed by atoms with Crippen LogP contribution < -0.4 is 20.1 Å². The zero-order valence-electron chi connectivity index (χ0n) is 17.3. The minimum atomic E-state index is -2.90. The second kappa shape index (κ2) is 14.0. The number of rotatable bonds is 10. The average Bonchev–Trinajstić information content (AvgIpc) is 2.72. The lowest BCUT2D eigenvalue weighted by Gasteiger charge is -2.15. The predicted octanol–water partition coefficient (Wildman–Crippen LogP) is 4.32. The van der Waals surface area contributed by atoms with Crippen molar-refractivity contribution in [2.24, 2.45) is 4.99 Å². The van der Waals surface area contributed by atoms with Crippen LogP contribution in [-0.2, 0) is 24.4 Å². The standard InChI is InChI=1S/C21H27F2N3O3.HI/c1-4-24-21(25-12-15-5-7-16(8-6-15)14-27-2)26-13-17-11-18(28-3)9-10-19(17)29-20(22)23;/h5-11,20H,4,12-14H2,1-3H3,(H2,24,25,26);1H. The summed E-state index contributed by atoms with van der Waals surface area (Å²) in [6, 6.07) is 12.7. The summed E-state index contributed by atoms with van der Waals surface area (Å²) in [5.74, 6) is 1.22. The lowest BCUT2D eigenvalue weighted by Crippen LogP contribution is -2.36. The quantitative estimate of drug-likeness (QED) is 0.270. The van der Waals surface area contributed by atoms with E-state index in [9.17, 15) is 8.78 Å². The second-order valence-electron chi connectivity index (χ2n) is 6.15. The van der Waals surface area contributed by atoms with Gasteiger partial charge < -0.3 is 24.8 Å². The highest BCUT2D eigenvalue weighted by molar-refractivity contribution is 14.0. The fourth-order valence-corrected chi connectivity index (χ4v) is 2.63. The van der Waals surface area contributed by atoms with Gasteiger partial charge in [-0.15, -0.1) is 24.0 Å². The summed E-state index contributed by atoms with van der Waals surface area (Å²) in [5, 5.41) is 6.28. The van der Waals surface area contributed by atoms with Crippen molar-refractivity contribution in [2.75, 3.05) is 20.8 Å². The monoisotopic (exact) mass is 535 g/mol. The van der Waals surface area contributed by atoms with E-state index in [1.165, 1.54) is 13.2 Å². The third-order valence-corrected chi connectivity index (χ3v) is 4.03. The van der Waals surface area contributed by atoms with Crippen LogP contribution in [0.25, 0.3) is 0 Å². The number of aliphatic imine (C=N–C) groups is 1. The van der Waals surface area contributed by atoms with E-state index in [0.29, 0.717) is 37.0 Å². The fourth-order valence-electron chi connectivity index (χ4n) is 2.63. The summed E-state index contributed by atoms with van der Waals surface area (Å²) >= 11 is 0. The molecule has 0 unspecified atom stereocenters. The predicted molar refractivity (Wildman–Crippen MR) is 124 cm³/mol. The number of benzene rings is 2. The maximum atomic E-state index is 12.7. The van der Waals surface area contributed by atoms with Crippen LogP contribution in [0.2, 0.25) is 0 Å². The number of methoxy groups -OCH3 is 2. The number of hydrogen-bond donors (Lipinski definition) is 2. The molecule has 9 heteroatoms. The van der Waals surface area contributed by atoms with Crippen molar-refractivity contribution >= 4 is 29.9 Å². The van der Waals surface area contributed by atoms with Gasteiger partial charge in [-0.3, -0.25) is 0 Å². The molecule has 0 aliphatic carbocycles. The molecule has 0 heterocycles. The maximum Gasteiger partial charge on any atom is 0.387 e. The van der Waals surface area contributed by atoms with Crippen molar-refractivity contribution in [1.82, 2.24) is 10.6 Å². The molecule has 2 rings (SSSR count). The van der Waals surface area contributed by atoms with Crippen LogP contribution in [0.3, 0.4) is 0 Å². The van der Waals surface area contributed by atoms with E-state index < -0.39 is 6.61 Å². The van der Waals surface area contributed by atoms with E-state index in [1.807, 2.05) is 31.2 Å². The normalized spacial score (nSPS) is 11.1. The van der Waals surface area contributed by atoms with Crippen LogP contribution in [-0.4, -0.2) is 33.3 Å². The van der Waals surface area contributed by atoms with Gasteiger partial charge in [-0.25, -0.2) is 4.99 Å². The minimum absolute atomic E-state index is 0. The van der Waals surface area contributed by atoms with E-state index in [-0.39, 0.29) is 36.3 Å². The molecule has 0 fully saturated rings. The van der Waals surface area contributed by atoms with E-state index in [1.54, 1.807) is 19.2 Å². The van der Waals surface area contributed by atoms with Gasteiger partial charge in [0.05, 0.1) is 20.3 Å². The molecular formula is C21H28F2IN3O3. The molecule has 0 atom stereocenters. The van der Waals surface area contributed by atoms with Gasteiger partial charge in [-0.1, -0.05) is 24.3 Å². The largest absolute Gasteiger partial charge is 0.497 e. The molecule has 6 nitrogen and oxygen atoms in total. The lowest BCUT2D eigenvalue weighted by atomic mass is 10.1. The van der Waals surface area contributed by atoms with Gasteiger partial charge in [0.25, 0.3) is 0 Å². The Labute approximate surface area is 193 Å². The number of nitrogens with zero attached hydrogens (tertiary/aromatic N) is 1. The van der Waals surface area contributed by atoms with E-state index in [4.69, 9.17) is 9.47 Å². The molecule has 0 aliphatic heterocycles. The maximum absolute atomic E-state index is 12.7. The van der Waals surface area contributed by atoms with E-state index in [0.717, 1.165) is 11.1 Å². The average molecular weight is 535 g/mol. The number of nitrogens with one attached hydrogen (secondary N) is 2. The van der Waals surface area contributed by atoms with Gasteiger partial charge >= 0.3 is 6.61 Å². The zero-order chi connectivity index (χ0) is 21.1. The van der Waals surface area contributed by atoms with Crippen molar-refractivity contribution in [3.8, 4) is 11.5 Å². The van der Waals surface area contributed by atoms with Crippen LogP contribution in [0.5, 0.6) is 11.5 Å². The first kappa shape index (κ1) is 25.9. The van der Waals surface area contributed by atoms with Crippen LogP contribution in [0, 0.1) is 0 Å². The van der Waals surface area contributed by atoms with Gasteiger partial charge in [-0.05, 0) is 36.2 Å². The molecule has 166 valence electrons. The molecule has 0 saturated heterocycles. The highest BCUT2D eigenvalue weighted by atomic mass is 127. The van der Waals surface area contributed by atoms with Crippen molar-refractivity contribution in [1.29, 1.82) is 0 Å². The third-order valence-electron chi connectivity index (χ3n) is 4.03. The van der Waals surface area contributed by atoms with E-state index in [2.05, 4.69) is 20.4 Å². The summed E-state index contributed by atoms with van der Waals surface area (Å²) in [6.07, 6.45) is 0. The number of guanidine groups is 1. The number of alkyl halides is 2. The van der Waals surface area contributed by atoms with Gasteiger partial charge in [0, 0.05) is 25.8 Å². The molecular weight excluding hydrogens is 507 g/mol. The van der Waals surface area contributed by atoms with Crippen molar-refractivity contribution in [3.63, 3.8) is 0 Å². The minimum Gasteiger partial charge on any atom is -0.497 e. The van der Waals surface area contributed by atoms with E-state index >= 15 is 0 Å². The smallest absolute Gasteiger partial charge is 0.387 e. The molecule has 0 aliphatic rings. The molecule has 2 aromatic carbocycles. The molecule has 0 saturated carbocycles. The first-order valence-electron chi connectivity index (χ1n) is 9.26. The topological polar surface area (TPSA) is 64.1 Å². The third kappa shape index (κ3) is 8.70. The lowest BCUT2D eigenvalue weighted by molar-refractivity contribution is -0.0504. The Morgan fingerprint density at radius 3 is 2.33 bits per heavy atom. The van der Waals surface area contributed by atoms with Gasteiger partial charge in [-0.2, -0.15) is 8.78 Å². The van der Waals surface area contributed by atoms with Crippen LogP contribution in [0.1, 0.15) is 23.6 Å². The molecule has 0 aromatic heterocycles. The fraction of sp³-hybridized carbons (Fsp3) is 0.381. The Bertz CT molecular complexity index is 790. The van der Waals surface area contributed by atoms with Crippen molar-refractivity contribution in [3.05, 3.63) is 59.2 Å². The zero-order valence-corrected chi connectivity index (χ0v) is 19.6. The van der Waals surface area contributed by atoms with Gasteiger partial charge in [0.2, 0.25) is 0 Å². The summed E-state index contributed by atoms with van der Waals surface area (Å²) < 4.78 is 40.2. The molecule has 2 aromatic rings. The Morgan fingerprint density at radius 1 is 1.03 bits per heavy atom. The molecule has 30 heavy (non-hydrogen) atoms. The summed E-state index contributed by atoms with van der Waals surface area (Å²) in [4.78, 5) is 4.55. The molecule has 0 spiro atoms. The molecule has 2 N–H and O–H groups in total. The first-order chi connectivity index (χ1) is 14.0. The Morgan fingerprint density at radius 2 is 1.73 bits per heavy atom. The van der Waals surface area contributed by atoms with Crippen LogP contribution in [0.4, 0.5) is 8.78 Å². The van der Waals surface area contributed by atoms with Crippen molar-refractivity contribution < 1.29 is 23.0 Å². The highest BCUT2D eigenvalue weighted by Gasteiger charge is 2.11. The van der Waals surface area contributed by atoms with Crippen LogP contribution in [0.15, 0.2) is 47.5 Å². The first-order valence-corrected chi connectivity index (χ1v) is 9.26. The molecule has 0 radical (unpaired) electrons. The van der Waals surface area contributed by atoms with Crippen LogP contribution >= 0.6 is 24.0 Å². The Hall–Kier alpha value is -2.14. The molecule has 0 bridgehead atoms.